The second-order valence-electron chi connectivity index (χ2n) is 3.35. The summed E-state index contributed by atoms with van der Waals surface area (Å²) in [5.74, 6) is 1.11. The van der Waals surface area contributed by atoms with Crippen LogP contribution >= 0.6 is 31.9 Å². The summed E-state index contributed by atoms with van der Waals surface area (Å²) in [6, 6.07) is 1.84. The molecule has 0 amide bonds. The van der Waals surface area contributed by atoms with Crippen molar-refractivity contribution in [1.82, 2.24) is 4.98 Å². The van der Waals surface area contributed by atoms with E-state index in [0.717, 1.165) is 15.2 Å². The van der Waals surface area contributed by atoms with Gasteiger partial charge >= 0.3 is 0 Å². The first-order valence-corrected chi connectivity index (χ1v) is 6.33. The van der Waals surface area contributed by atoms with E-state index in [9.17, 15) is 0 Å². The number of hydrogen-bond donors (Lipinski definition) is 1. The van der Waals surface area contributed by atoms with Crippen molar-refractivity contribution in [2.24, 2.45) is 0 Å². The third-order valence-corrected chi connectivity index (χ3v) is 3.69. The van der Waals surface area contributed by atoms with Crippen molar-refractivity contribution in [3.63, 3.8) is 0 Å². The van der Waals surface area contributed by atoms with Crippen molar-refractivity contribution < 1.29 is 9.47 Å². The lowest BCUT2D eigenvalue weighted by Gasteiger charge is -2.14. The first-order valence-electron chi connectivity index (χ1n) is 4.74. The van der Waals surface area contributed by atoms with E-state index >= 15 is 0 Å². The van der Waals surface area contributed by atoms with Gasteiger partial charge in [0.05, 0.1) is 19.9 Å². The van der Waals surface area contributed by atoms with Gasteiger partial charge in [-0.15, -0.1) is 0 Å². The smallest absolute Gasteiger partial charge is 0.184 e. The maximum atomic E-state index is 6.09. The van der Waals surface area contributed by atoms with Gasteiger partial charge in [0.25, 0.3) is 0 Å². The Morgan fingerprint density at radius 3 is 2.53 bits per heavy atom. The van der Waals surface area contributed by atoms with E-state index in [1.165, 1.54) is 0 Å². The highest BCUT2D eigenvalue weighted by Gasteiger charge is 2.16. The third kappa shape index (κ3) is 1.95. The molecule has 0 aliphatic heterocycles. The van der Waals surface area contributed by atoms with Crippen LogP contribution < -0.4 is 15.2 Å². The number of hydrogen-bond acceptors (Lipinski definition) is 4. The minimum absolute atomic E-state index is 0.525. The zero-order valence-electron chi connectivity index (χ0n) is 9.25. The van der Waals surface area contributed by atoms with Gasteiger partial charge in [-0.05, 0) is 37.9 Å². The van der Waals surface area contributed by atoms with Crippen molar-refractivity contribution in [1.29, 1.82) is 0 Å². The molecule has 2 aromatic rings. The van der Waals surface area contributed by atoms with E-state index < -0.39 is 0 Å². The molecule has 0 aliphatic carbocycles. The van der Waals surface area contributed by atoms with Crippen LogP contribution in [0.5, 0.6) is 11.5 Å². The molecule has 1 aromatic carbocycles. The molecular weight excluding hydrogens is 352 g/mol. The lowest BCUT2D eigenvalue weighted by molar-refractivity contribution is 0.357. The van der Waals surface area contributed by atoms with Gasteiger partial charge in [-0.25, -0.2) is 4.98 Å². The number of nitrogen functional groups attached to an aromatic ring is 1. The van der Waals surface area contributed by atoms with Crippen LogP contribution in [0.3, 0.4) is 0 Å². The van der Waals surface area contributed by atoms with E-state index in [1.807, 2.05) is 6.07 Å². The fourth-order valence-corrected chi connectivity index (χ4v) is 2.63. The molecule has 0 radical (unpaired) electrons. The summed E-state index contributed by atoms with van der Waals surface area (Å²) in [5, 5.41) is 1.72. The van der Waals surface area contributed by atoms with Crippen molar-refractivity contribution in [3.8, 4) is 11.5 Å². The fraction of sp³-hybridized carbons (Fsp3) is 0.182. The SMILES string of the molecule is COc1cc2c(Br)ncc(Br)c2c(N)c1OC. The van der Waals surface area contributed by atoms with E-state index in [-0.39, 0.29) is 0 Å². The predicted octanol–water partition coefficient (Wildman–Crippen LogP) is 3.36. The number of methoxy groups -OCH3 is 2. The van der Waals surface area contributed by atoms with Gasteiger partial charge in [0.1, 0.15) is 4.60 Å². The van der Waals surface area contributed by atoms with Gasteiger partial charge in [0.15, 0.2) is 11.5 Å². The quantitative estimate of drug-likeness (QED) is 0.658. The summed E-state index contributed by atoms with van der Waals surface area (Å²) in [4.78, 5) is 4.20. The Hall–Kier alpha value is -1.01. The molecule has 0 bridgehead atoms. The monoisotopic (exact) mass is 360 g/mol. The first kappa shape index (κ1) is 12.4. The summed E-state index contributed by atoms with van der Waals surface area (Å²) in [6.07, 6.45) is 1.69. The molecule has 0 unspecified atom stereocenters. The minimum Gasteiger partial charge on any atom is -0.493 e. The number of nitrogens with two attached hydrogens (primary N) is 1. The molecule has 1 aromatic heterocycles. The lowest BCUT2D eigenvalue weighted by Crippen LogP contribution is -1.98. The molecule has 0 fully saturated rings. The third-order valence-electron chi connectivity index (χ3n) is 2.46. The molecule has 1 heterocycles. The normalized spacial score (nSPS) is 10.6. The van der Waals surface area contributed by atoms with Crippen LogP contribution in [-0.4, -0.2) is 19.2 Å². The first-order chi connectivity index (χ1) is 8.10. The molecule has 6 heteroatoms. The molecule has 0 saturated heterocycles. The van der Waals surface area contributed by atoms with Gasteiger partial charge in [-0.1, -0.05) is 0 Å². The number of ether oxygens (including phenoxy) is 2. The van der Waals surface area contributed by atoms with Gasteiger partial charge in [-0.3, -0.25) is 0 Å². The molecule has 4 nitrogen and oxygen atoms in total. The average Bonchev–Trinajstić information content (AvgIpc) is 2.33. The largest absolute Gasteiger partial charge is 0.493 e. The number of benzene rings is 1. The molecule has 2 N–H and O–H groups in total. The number of aromatic nitrogens is 1. The molecule has 0 atom stereocenters. The van der Waals surface area contributed by atoms with Gasteiger partial charge in [0, 0.05) is 21.4 Å². The highest BCUT2D eigenvalue weighted by Crippen LogP contribution is 2.43. The second kappa shape index (κ2) is 4.70. The standard InChI is InChI=1S/C11H10Br2N2O2/c1-16-7-3-5-8(9(14)10(7)17-2)6(12)4-15-11(5)13/h3-4H,14H2,1-2H3. The Labute approximate surface area is 115 Å². The summed E-state index contributed by atoms with van der Waals surface area (Å²) in [7, 11) is 3.13. The van der Waals surface area contributed by atoms with Crippen LogP contribution in [0.25, 0.3) is 10.8 Å². The van der Waals surface area contributed by atoms with Crippen molar-refractivity contribution in [2.75, 3.05) is 20.0 Å². The predicted molar refractivity (Wildman–Crippen MR) is 74.7 cm³/mol. The van der Waals surface area contributed by atoms with Gasteiger partial charge < -0.3 is 15.2 Å². The molecule has 0 saturated carbocycles. The van der Waals surface area contributed by atoms with Crippen molar-refractivity contribution in [3.05, 3.63) is 21.3 Å². The number of nitrogens with zero attached hydrogens (tertiary/aromatic N) is 1. The molecule has 0 aliphatic rings. The Balaban J connectivity index is 2.95. The Morgan fingerprint density at radius 2 is 1.94 bits per heavy atom. The number of anilines is 1. The van der Waals surface area contributed by atoms with Crippen LogP contribution in [-0.2, 0) is 0 Å². The van der Waals surface area contributed by atoms with Crippen molar-refractivity contribution >= 4 is 48.3 Å². The number of rotatable bonds is 2. The Morgan fingerprint density at radius 1 is 1.24 bits per heavy atom. The summed E-state index contributed by atoms with van der Waals surface area (Å²) >= 11 is 6.82. The summed E-state index contributed by atoms with van der Waals surface area (Å²) < 4.78 is 12.0. The zero-order chi connectivity index (χ0) is 12.6. The zero-order valence-corrected chi connectivity index (χ0v) is 12.4. The van der Waals surface area contributed by atoms with Crippen LogP contribution in [0.4, 0.5) is 5.69 Å². The van der Waals surface area contributed by atoms with E-state index in [2.05, 4.69) is 36.8 Å². The number of pyridine rings is 1. The van der Waals surface area contributed by atoms with Crippen LogP contribution in [0, 0.1) is 0 Å². The van der Waals surface area contributed by atoms with E-state index in [4.69, 9.17) is 15.2 Å². The maximum Gasteiger partial charge on any atom is 0.184 e. The van der Waals surface area contributed by atoms with Gasteiger partial charge in [-0.2, -0.15) is 0 Å². The van der Waals surface area contributed by atoms with E-state index in [1.54, 1.807) is 20.4 Å². The van der Waals surface area contributed by atoms with Gasteiger partial charge in [0.2, 0.25) is 0 Å². The second-order valence-corrected chi connectivity index (χ2v) is 4.95. The molecule has 17 heavy (non-hydrogen) atoms. The number of halogens is 2. The topological polar surface area (TPSA) is 57.4 Å². The molecule has 2 rings (SSSR count). The molecule has 90 valence electrons. The average molecular weight is 362 g/mol. The van der Waals surface area contributed by atoms with Crippen LogP contribution in [0.1, 0.15) is 0 Å². The Bertz CT molecular complexity index is 587. The number of fused-ring (bicyclic) bond motifs is 1. The van der Waals surface area contributed by atoms with Crippen LogP contribution in [0.15, 0.2) is 21.3 Å². The van der Waals surface area contributed by atoms with Crippen LogP contribution in [0.2, 0.25) is 0 Å². The minimum atomic E-state index is 0.525. The summed E-state index contributed by atoms with van der Waals surface area (Å²) in [5.41, 5.74) is 6.62. The Kier molecular flexibility index (Phi) is 3.44. The van der Waals surface area contributed by atoms with E-state index in [0.29, 0.717) is 21.8 Å². The molecular formula is C11H10Br2N2O2. The lowest BCUT2D eigenvalue weighted by atomic mass is 10.1. The molecule has 0 spiro atoms. The maximum absolute atomic E-state index is 6.09. The highest BCUT2D eigenvalue weighted by atomic mass is 79.9. The fourth-order valence-electron chi connectivity index (χ4n) is 1.69. The van der Waals surface area contributed by atoms with Crippen molar-refractivity contribution in [2.45, 2.75) is 0 Å². The highest BCUT2D eigenvalue weighted by molar-refractivity contribution is 9.11. The summed E-state index contributed by atoms with van der Waals surface area (Å²) in [6.45, 7) is 0.